The zero-order valence-electron chi connectivity index (χ0n) is 18.5. The van der Waals surface area contributed by atoms with Crippen LogP contribution in [0.15, 0.2) is 24.3 Å². The molecular weight excluding hydrogens is 382 g/mol. The summed E-state index contributed by atoms with van der Waals surface area (Å²) in [6, 6.07) is 4.80. The Balaban J connectivity index is 2.43. The molecule has 2 atom stereocenters. The van der Waals surface area contributed by atoms with Crippen molar-refractivity contribution in [1.29, 1.82) is 0 Å². The van der Waals surface area contributed by atoms with Gasteiger partial charge in [-0.1, -0.05) is 25.5 Å². The van der Waals surface area contributed by atoms with E-state index in [1.807, 2.05) is 7.05 Å². The second kappa shape index (κ2) is 14.7. The predicted molar refractivity (Wildman–Crippen MR) is 120 cm³/mol. The van der Waals surface area contributed by atoms with E-state index in [1.54, 1.807) is 18.2 Å². The van der Waals surface area contributed by atoms with Gasteiger partial charge in [-0.05, 0) is 74.9 Å². The first kappa shape index (κ1) is 25.9. The monoisotopic (exact) mass is 419 g/mol. The molecule has 30 heavy (non-hydrogen) atoms. The molecular formula is C24H37NO5. The van der Waals surface area contributed by atoms with Gasteiger partial charge in [-0.25, -0.2) is 0 Å². The number of allylic oxidation sites excluding steroid dienone is 1. The molecule has 3 N–H and O–H groups in total. The number of hydrogen-bond donors (Lipinski definition) is 3. The maximum Gasteiger partial charge on any atom is 0.163 e. The van der Waals surface area contributed by atoms with Gasteiger partial charge in [0.2, 0.25) is 0 Å². The normalized spacial score (nSPS) is 13.3. The number of phenols is 1. The Morgan fingerprint density at radius 1 is 1.23 bits per heavy atom. The molecule has 0 saturated carbocycles. The number of Topliss-reactive ketones (excluding diaryl/α,β-unsaturated/α-hetero) is 1. The number of carbonyl (C=O) groups excluding carboxylic acids is 2. The molecule has 6 heteroatoms. The van der Waals surface area contributed by atoms with Crippen molar-refractivity contribution in [3.05, 3.63) is 29.8 Å². The quantitative estimate of drug-likeness (QED) is 0.279. The molecule has 0 saturated heterocycles. The van der Waals surface area contributed by atoms with Gasteiger partial charge in [-0.15, -0.1) is 0 Å². The summed E-state index contributed by atoms with van der Waals surface area (Å²) in [6.07, 6.45) is 7.87. The number of hydrogen-bond acceptors (Lipinski definition) is 6. The molecule has 1 aromatic rings. The van der Waals surface area contributed by atoms with Crippen molar-refractivity contribution in [2.24, 2.45) is 11.8 Å². The van der Waals surface area contributed by atoms with Crippen molar-refractivity contribution in [2.45, 2.75) is 51.9 Å². The number of ketones is 2. The number of methoxy groups -OCH3 is 1. The lowest BCUT2D eigenvalue weighted by molar-refractivity contribution is -0.124. The average Bonchev–Trinajstić information content (AvgIpc) is 2.71. The van der Waals surface area contributed by atoms with Crippen LogP contribution >= 0.6 is 0 Å². The van der Waals surface area contributed by atoms with Crippen molar-refractivity contribution >= 4 is 17.6 Å². The van der Waals surface area contributed by atoms with Crippen LogP contribution in [-0.4, -0.2) is 49.1 Å². The molecule has 0 aliphatic heterocycles. The van der Waals surface area contributed by atoms with E-state index >= 15 is 0 Å². The lowest BCUT2D eigenvalue weighted by atomic mass is 9.87. The molecule has 1 aromatic carbocycles. The smallest absolute Gasteiger partial charge is 0.163 e. The largest absolute Gasteiger partial charge is 0.504 e. The van der Waals surface area contributed by atoms with Gasteiger partial charge in [0.1, 0.15) is 5.78 Å². The topological polar surface area (TPSA) is 95.9 Å². The summed E-state index contributed by atoms with van der Waals surface area (Å²) in [6.45, 7) is 3.37. The molecule has 0 fully saturated rings. The molecule has 0 aliphatic rings. The Hall–Kier alpha value is -2.18. The molecule has 0 aliphatic carbocycles. The van der Waals surface area contributed by atoms with Crippen LogP contribution in [0.3, 0.4) is 0 Å². The number of rotatable bonds is 16. The highest BCUT2D eigenvalue weighted by Gasteiger charge is 2.14. The first-order chi connectivity index (χ1) is 14.4. The lowest BCUT2D eigenvalue weighted by Gasteiger charge is -2.20. The third kappa shape index (κ3) is 10.6. The van der Waals surface area contributed by atoms with Crippen LogP contribution in [0.2, 0.25) is 0 Å². The minimum atomic E-state index is -0.230. The fourth-order valence-corrected chi connectivity index (χ4v) is 3.68. The van der Waals surface area contributed by atoms with E-state index in [9.17, 15) is 14.7 Å². The molecule has 0 radical (unpaired) electrons. The number of nitrogens with one attached hydrogen (secondary N) is 1. The third-order valence-electron chi connectivity index (χ3n) is 5.16. The highest BCUT2D eigenvalue weighted by Crippen LogP contribution is 2.27. The van der Waals surface area contributed by atoms with Crippen molar-refractivity contribution in [3.63, 3.8) is 0 Å². The molecule has 0 spiro atoms. The van der Waals surface area contributed by atoms with E-state index in [0.717, 1.165) is 38.6 Å². The van der Waals surface area contributed by atoms with Crippen LogP contribution in [-0.2, 0) is 9.59 Å². The first-order valence-corrected chi connectivity index (χ1v) is 10.7. The first-order valence-electron chi connectivity index (χ1n) is 10.7. The number of aliphatic hydroxyl groups is 1. The molecule has 0 amide bonds. The minimum Gasteiger partial charge on any atom is -0.504 e. The summed E-state index contributed by atoms with van der Waals surface area (Å²) in [7, 11) is 3.41. The molecule has 168 valence electrons. The summed E-state index contributed by atoms with van der Waals surface area (Å²) >= 11 is 0. The zero-order valence-corrected chi connectivity index (χ0v) is 18.5. The van der Waals surface area contributed by atoms with Crippen LogP contribution in [0.25, 0.3) is 6.08 Å². The van der Waals surface area contributed by atoms with E-state index in [-0.39, 0.29) is 30.3 Å². The molecule has 0 heterocycles. The number of ether oxygens (including phenoxy) is 1. The fraction of sp³-hybridized carbons (Fsp3) is 0.583. The number of phenolic OH excluding ortho intramolecular Hbond substituents is 1. The number of aromatic hydroxyl groups is 1. The van der Waals surface area contributed by atoms with Crippen LogP contribution in [0.1, 0.15) is 57.4 Å². The molecule has 0 unspecified atom stereocenters. The Morgan fingerprint density at radius 3 is 2.63 bits per heavy atom. The SMILES string of the molecule is CNC[C@H](C)C[C@H](CCCO)CCCC(=O)CC(=O)C=Cc1ccc(O)c(OC)c1. The lowest BCUT2D eigenvalue weighted by Crippen LogP contribution is -2.19. The van der Waals surface area contributed by atoms with Crippen LogP contribution in [0, 0.1) is 11.8 Å². The summed E-state index contributed by atoms with van der Waals surface area (Å²) < 4.78 is 5.04. The van der Waals surface area contributed by atoms with E-state index < -0.39 is 0 Å². The van der Waals surface area contributed by atoms with Gasteiger partial charge in [0.05, 0.1) is 13.5 Å². The Morgan fingerprint density at radius 2 is 1.97 bits per heavy atom. The standard InChI is InChI=1S/C24H37NO5/c1-18(17-25-2)14-19(7-5-13-26)6-4-8-21(27)16-22(28)11-9-20-10-12-23(29)24(15-20)30-3/h9-12,15,18-19,25-26,29H,4-8,13-14,16-17H2,1-3H3/t18-,19+/m1/s1. The van der Waals surface area contributed by atoms with Gasteiger partial charge in [-0.2, -0.15) is 0 Å². The summed E-state index contributed by atoms with van der Waals surface area (Å²) in [4.78, 5) is 24.3. The fourth-order valence-electron chi connectivity index (χ4n) is 3.68. The van der Waals surface area contributed by atoms with E-state index in [1.165, 1.54) is 19.3 Å². The van der Waals surface area contributed by atoms with Crippen molar-refractivity contribution < 1.29 is 24.5 Å². The Bertz CT molecular complexity index is 686. The van der Waals surface area contributed by atoms with Crippen LogP contribution in [0.4, 0.5) is 0 Å². The predicted octanol–water partition coefficient (Wildman–Crippen LogP) is 3.75. The maximum atomic E-state index is 12.2. The average molecular weight is 420 g/mol. The highest BCUT2D eigenvalue weighted by atomic mass is 16.5. The van der Waals surface area contributed by atoms with E-state index in [2.05, 4.69) is 12.2 Å². The third-order valence-corrected chi connectivity index (χ3v) is 5.16. The second-order valence-corrected chi connectivity index (χ2v) is 7.97. The van der Waals surface area contributed by atoms with Crippen molar-refractivity contribution in [1.82, 2.24) is 5.32 Å². The Kier molecular flexibility index (Phi) is 12.7. The van der Waals surface area contributed by atoms with Crippen LogP contribution < -0.4 is 10.1 Å². The maximum absolute atomic E-state index is 12.2. The molecule has 1 rings (SSSR count). The van der Waals surface area contributed by atoms with Gasteiger partial charge in [0.25, 0.3) is 0 Å². The van der Waals surface area contributed by atoms with Gasteiger partial charge < -0.3 is 20.3 Å². The zero-order chi connectivity index (χ0) is 22.4. The summed E-state index contributed by atoms with van der Waals surface area (Å²) in [5, 5.41) is 21.9. The molecule has 0 bridgehead atoms. The van der Waals surface area contributed by atoms with Crippen LogP contribution in [0.5, 0.6) is 11.5 Å². The number of carbonyl (C=O) groups is 2. The highest BCUT2D eigenvalue weighted by molar-refractivity contribution is 6.06. The summed E-state index contributed by atoms with van der Waals surface area (Å²) in [5.74, 6) is 1.14. The van der Waals surface area contributed by atoms with Gasteiger partial charge in [0.15, 0.2) is 17.3 Å². The second-order valence-electron chi connectivity index (χ2n) is 7.97. The molecule has 6 nitrogen and oxygen atoms in total. The van der Waals surface area contributed by atoms with Crippen molar-refractivity contribution in [2.75, 3.05) is 27.3 Å². The van der Waals surface area contributed by atoms with Gasteiger partial charge in [-0.3, -0.25) is 9.59 Å². The Labute approximate surface area is 180 Å². The minimum absolute atomic E-state index is 0.0359. The molecule has 0 aromatic heterocycles. The van der Waals surface area contributed by atoms with E-state index in [0.29, 0.717) is 29.6 Å². The van der Waals surface area contributed by atoms with Gasteiger partial charge in [0, 0.05) is 13.0 Å². The van der Waals surface area contributed by atoms with Gasteiger partial charge >= 0.3 is 0 Å². The number of benzene rings is 1. The number of aliphatic hydroxyl groups excluding tert-OH is 1. The van der Waals surface area contributed by atoms with E-state index in [4.69, 9.17) is 9.84 Å². The van der Waals surface area contributed by atoms with Crippen molar-refractivity contribution in [3.8, 4) is 11.5 Å². The summed E-state index contributed by atoms with van der Waals surface area (Å²) in [5.41, 5.74) is 0.716.